The van der Waals surface area contributed by atoms with Crippen LogP contribution in [0.5, 0.6) is 0 Å². The molecule has 3 atom stereocenters. The van der Waals surface area contributed by atoms with Crippen molar-refractivity contribution in [1.82, 2.24) is 4.90 Å². The van der Waals surface area contributed by atoms with Crippen LogP contribution in [0.4, 0.5) is 0 Å². The first-order valence-electron chi connectivity index (χ1n) is 8.72. The summed E-state index contributed by atoms with van der Waals surface area (Å²) in [4.78, 5) is 2.36. The van der Waals surface area contributed by atoms with Crippen LogP contribution < -0.4 is 0 Å². The third-order valence-corrected chi connectivity index (χ3v) is 4.89. The zero-order chi connectivity index (χ0) is 15.7. The average Bonchev–Trinajstić information content (AvgIpc) is 2.88. The molecule has 2 N–H and O–H groups in total. The summed E-state index contributed by atoms with van der Waals surface area (Å²) in [6, 6.07) is 0.433. The molecule has 0 aromatic carbocycles. The Kier molecular flexibility index (Phi) is 9.49. The minimum absolute atomic E-state index is 0.0776. The number of hydrogen-bond acceptors (Lipinski definition) is 4. The molecule has 4 nitrogen and oxygen atoms in total. The second kappa shape index (κ2) is 10.5. The summed E-state index contributed by atoms with van der Waals surface area (Å²) in [5.41, 5.74) is 0. The van der Waals surface area contributed by atoms with Crippen LogP contribution in [0.2, 0.25) is 0 Å². The van der Waals surface area contributed by atoms with E-state index < -0.39 is 6.29 Å². The number of aliphatic hydroxyl groups is 2. The Balaban J connectivity index is 2.50. The summed E-state index contributed by atoms with van der Waals surface area (Å²) in [7, 11) is 1.73. The molecule has 1 heterocycles. The Hall–Kier alpha value is -0.160. The normalized spacial score (nSPS) is 24.9. The number of likely N-dealkylation sites (tertiary alicyclic amines) is 1. The van der Waals surface area contributed by atoms with Crippen molar-refractivity contribution in [2.45, 2.75) is 83.6 Å². The van der Waals surface area contributed by atoms with Crippen LogP contribution in [-0.2, 0) is 4.74 Å². The van der Waals surface area contributed by atoms with Crippen molar-refractivity contribution >= 4 is 0 Å². The van der Waals surface area contributed by atoms with E-state index in [1.165, 1.54) is 25.7 Å². The Morgan fingerprint density at radius 2 is 1.81 bits per heavy atom. The maximum Gasteiger partial charge on any atom is 0.167 e. The van der Waals surface area contributed by atoms with Crippen LogP contribution in [0.3, 0.4) is 0 Å². The van der Waals surface area contributed by atoms with Gasteiger partial charge < -0.3 is 14.9 Å². The van der Waals surface area contributed by atoms with Crippen molar-refractivity contribution in [3.05, 3.63) is 0 Å². The minimum Gasteiger partial charge on any atom is -0.385 e. The van der Waals surface area contributed by atoms with E-state index in [1.54, 1.807) is 7.11 Å². The molecule has 0 aromatic rings. The van der Waals surface area contributed by atoms with Crippen LogP contribution in [0.1, 0.15) is 65.2 Å². The molecule has 0 spiro atoms. The number of unbranched alkanes of at least 4 members (excludes halogenated alkanes) is 3. The molecule has 0 aliphatic carbocycles. The number of rotatable bonds is 11. The van der Waals surface area contributed by atoms with E-state index in [2.05, 4.69) is 18.7 Å². The van der Waals surface area contributed by atoms with E-state index in [4.69, 9.17) is 4.74 Å². The van der Waals surface area contributed by atoms with Gasteiger partial charge in [-0.05, 0) is 44.6 Å². The van der Waals surface area contributed by atoms with Gasteiger partial charge in [-0.15, -0.1) is 0 Å². The van der Waals surface area contributed by atoms with E-state index in [0.717, 1.165) is 38.8 Å². The third-order valence-electron chi connectivity index (χ3n) is 4.89. The van der Waals surface area contributed by atoms with Crippen molar-refractivity contribution in [3.8, 4) is 0 Å². The number of ether oxygens (including phenoxy) is 1. The fraction of sp³-hybridized carbons (Fsp3) is 1.00. The van der Waals surface area contributed by atoms with Gasteiger partial charge in [-0.1, -0.05) is 33.1 Å². The van der Waals surface area contributed by atoms with Gasteiger partial charge in [0, 0.05) is 19.8 Å². The van der Waals surface area contributed by atoms with E-state index in [-0.39, 0.29) is 6.04 Å². The Labute approximate surface area is 130 Å². The molecule has 0 amide bonds. The van der Waals surface area contributed by atoms with Gasteiger partial charge in [-0.25, -0.2) is 0 Å². The van der Waals surface area contributed by atoms with Gasteiger partial charge in [-0.3, -0.25) is 4.90 Å². The van der Waals surface area contributed by atoms with Crippen molar-refractivity contribution < 1.29 is 14.9 Å². The predicted molar refractivity (Wildman–Crippen MR) is 86.2 cm³/mol. The van der Waals surface area contributed by atoms with Gasteiger partial charge in [-0.2, -0.15) is 0 Å². The van der Waals surface area contributed by atoms with Crippen molar-refractivity contribution in [1.29, 1.82) is 0 Å². The van der Waals surface area contributed by atoms with Crippen molar-refractivity contribution in [2.75, 3.05) is 20.3 Å². The summed E-state index contributed by atoms with van der Waals surface area (Å²) in [5.74, 6) is 0.641. The lowest BCUT2D eigenvalue weighted by atomic mass is 9.93. The quantitative estimate of drug-likeness (QED) is 0.455. The number of nitrogens with zero attached hydrogens (tertiary/aromatic N) is 1. The monoisotopic (exact) mass is 301 g/mol. The predicted octanol–water partition coefficient (Wildman–Crippen LogP) is 2.77. The molecule has 0 bridgehead atoms. The summed E-state index contributed by atoms with van der Waals surface area (Å²) in [6.45, 7) is 6.31. The van der Waals surface area contributed by atoms with E-state index in [9.17, 15) is 10.2 Å². The standard InChI is InChI=1S/C17H35NO3/c1-4-5-6-9-14(2)15-10-11-16(17(19)20)18(15)12-7-8-13-21-3/h14-17,19-20H,4-13H2,1-3H3. The molecular weight excluding hydrogens is 266 g/mol. The summed E-state index contributed by atoms with van der Waals surface area (Å²) in [5, 5.41) is 19.3. The molecule has 0 saturated carbocycles. The zero-order valence-electron chi connectivity index (χ0n) is 14.1. The molecule has 4 heteroatoms. The topological polar surface area (TPSA) is 52.9 Å². The highest BCUT2D eigenvalue weighted by Crippen LogP contribution is 2.33. The molecule has 3 unspecified atom stereocenters. The SMILES string of the molecule is CCCCCC(C)C1CCC(C(O)O)N1CCCCOC. The largest absolute Gasteiger partial charge is 0.385 e. The second-order valence-corrected chi connectivity index (χ2v) is 6.54. The number of hydrogen-bond donors (Lipinski definition) is 2. The van der Waals surface area contributed by atoms with Crippen LogP contribution in [0.15, 0.2) is 0 Å². The van der Waals surface area contributed by atoms with Gasteiger partial charge in [0.25, 0.3) is 0 Å². The lowest BCUT2D eigenvalue weighted by Crippen LogP contribution is -2.45. The van der Waals surface area contributed by atoms with Gasteiger partial charge in [0.05, 0.1) is 6.04 Å². The second-order valence-electron chi connectivity index (χ2n) is 6.54. The molecular formula is C17H35NO3. The maximum atomic E-state index is 9.63. The fourth-order valence-corrected chi connectivity index (χ4v) is 3.63. The molecule has 0 radical (unpaired) electrons. The van der Waals surface area contributed by atoms with Gasteiger partial charge in [0.15, 0.2) is 6.29 Å². The molecule has 1 aliphatic rings. The maximum absolute atomic E-state index is 9.63. The smallest absolute Gasteiger partial charge is 0.167 e. The molecule has 1 rings (SSSR count). The molecule has 1 fully saturated rings. The van der Waals surface area contributed by atoms with E-state index >= 15 is 0 Å². The average molecular weight is 301 g/mol. The third kappa shape index (κ3) is 6.23. The first kappa shape index (κ1) is 18.9. The van der Waals surface area contributed by atoms with Crippen LogP contribution in [0, 0.1) is 5.92 Å². The highest BCUT2D eigenvalue weighted by atomic mass is 16.5. The van der Waals surface area contributed by atoms with Gasteiger partial charge >= 0.3 is 0 Å². The summed E-state index contributed by atoms with van der Waals surface area (Å²) >= 11 is 0. The fourth-order valence-electron chi connectivity index (χ4n) is 3.63. The first-order chi connectivity index (χ1) is 10.1. The molecule has 126 valence electrons. The van der Waals surface area contributed by atoms with Crippen molar-refractivity contribution in [2.24, 2.45) is 5.92 Å². The summed E-state index contributed by atoms with van der Waals surface area (Å²) in [6.07, 6.45) is 8.00. The number of aliphatic hydroxyl groups excluding tert-OH is 1. The van der Waals surface area contributed by atoms with Crippen LogP contribution in [-0.4, -0.2) is 53.7 Å². The lowest BCUT2D eigenvalue weighted by Gasteiger charge is -2.34. The van der Waals surface area contributed by atoms with E-state index in [1.807, 2.05) is 0 Å². The minimum atomic E-state index is -1.21. The Morgan fingerprint density at radius 3 is 2.43 bits per heavy atom. The molecule has 1 saturated heterocycles. The lowest BCUT2D eigenvalue weighted by molar-refractivity contribution is -0.0977. The Bertz CT molecular complexity index is 260. The first-order valence-corrected chi connectivity index (χ1v) is 8.72. The van der Waals surface area contributed by atoms with E-state index in [0.29, 0.717) is 12.0 Å². The molecule has 1 aliphatic heterocycles. The van der Waals surface area contributed by atoms with Gasteiger partial charge in [0.2, 0.25) is 0 Å². The molecule has 21 heavy (non-hydrogen) atoms. The van der Waals surface area contributed by atoms with Crippen LogP contribution >= 0.6 is 0 Å². The summed E-state index contributed by atoms with van der Waals surface area (Å²) < 4.78 is 5.10. The van der Waals surface area contributed by atoms with Crippen LogP contribution in [0.25, 0.3) is 0 Å². The highest BCUT2D eigenvalue weighted by molar-refractivity contribution is 4.91. The number of methoxy groups -OCH3 is 1. The zero-order valence-corrected chi connectivity index (χ0v) is 14.1. The van der Waals surface area contributed by atoms with Crippen molar-refractivity contribution in [3.63, 3.8) is 0 Å². The molecule has 0 aromatic heterocycles. The highest BCUT2D eigenvalue weighted by Gasteiger charge is 2.38. The van der Waals surface area contributed by atoms with Gasteiger partial charge in [0.1, 0.15) is 0 Å². The Morgan fingerprint density at radius 1 is 1.10 bits per heavy atom.